The minimum absolute atomic E-state index is 0.0390. The maximum atomic E-state index is 13.0. The van der Waals surface area contributed by atoms with Crippen LogP contribution in [0.3, 0.4) is 0 Å². The summed E-state index contributed by atoms with van der Waals surface area (Å²) in [5.74, 6) is -0.174. The van der Waals surface area contributed by atoms with Gasteiger partial charge in [0.25, 0.3) is 0 Å². The van der Waals surface area contributed by atoms with Gasteiger partial charge in [-0.25, -0.2) is 8.42 Å². The first-order valence-electron chi connectivity index (χ1n) is 7.85. The molecular weight excluding hydrogens is 322 g/mol. The first-order chi connectivity index (χ1) is 11.2. The van der Waals surface area contributed by atoms with Crippen LogP contribution in [0, 0.1) is 5.41 Å². The summed E-state index contributed by atoms with van der Waals surface area (Å²) in [5, 5.41) is 1.95. The van der Waals surface area contributed by atoms with Crippen LogP contribution in [0.5, 0.6) is 0 Å². The van der Waals surface area contributed by atoms with Crippen LogP contribution in [-0.4, -0.2) is 20.9 Å². The number of sulfone groups is 1. The second-order valence-corrected chi connectivity index (χ2v) is 8.85. The number of hydrogen-bond acceptors (Lipinski definition) is 3. The standard InChI is InChI=1S/C19H23NO3S/c1-19(2,3)18(21)20-14-17(15-10-6-4-7-11-15)24(22,23)16-12-8-5-9-13-16/h4-13,17H,14H2,1-3H3,(H,20,21)/t17-/m0/s1. The Kier molecular flexibility index (Phi) is 5.44. The summed E-state index contributed by atoms with van der Waals surface area (Å²) < 4.78 is 26.1. The highest BCUT2D eigenvalue weighted by Crippen LogP contribution is 2.28. The van der Waals surface area contributed by atoms with Gasteiger partial charge in [0.1, 0.15) is 5.25 Å². The van der Waals surface area contributed by atoms with Gasteiger partial charge in [0.05, 0.1) is 4.90 Å². The highest BCUT2D eigenvalue weighted by molar-refractivity contribution is 7.91. The minimum Gasteiger partial charge on any atom is -0.354 e. The van der Waals surface area contributed by atoms with Crippen molar-refractivity contribution in [2.45, 2.75) is 30.9 Å². The van der Waals surface area contributed by atoms with E-state index >= 15 is 0 Å². The van der Waals surface area contributed by atoms with E-state index in [1.165, 1.54) is 0 Å². The Hall–Kier alpha value is -2.14. The highest BCUT2D eigenvalue weighted by atomic mass is 32.2. The Morgan fingerprint density at radius 1 is 0.958 bits per heavy atom. The zero-order chi connectivity index (χ0) is 17.8. The molecule has 1 amide bonds. The summed E-state index contributed by atoms with van der Waals surface area (Å²) in [6.45, 7) is 5.43. The molecule has 0 saturated carbocycles. The van der Waals surface area contributed by atoms with Crippen molar-refractivity contribution in [3.63, 3.8) is 0 Å². The lowest BCUT2D eigenvalue weighted by Crippen LogP contribution is -2.38. The lowest BCUT2D eigenvalue weighted by atomic mass is 9.95. The van der Waals surface area contributed by atoms with Crippen molar-refractivity contribution < 1.29 is 13.2 Å². The zero-order valence-corrected chi connectivity index (χ0v) is 15.0. The number of carbonyl (C=O) groups excluding carboxylic acids is 1. The number of nitrogens with one attached hydrogen (secondary N) is 1. The summed E-state index contributed by atoms with van der Waals surface area (Å²) in [6, 6.07) is 17.3. The predicted octanol–water partition coefficient (Wildman–Crippen LogP) is 3.36. The molecule has 0 aliphatic rings. The van der Waals surface area contributed by atoms with E-state index in [2.05, 4.69) is 5.32 Å². The van der Waals surface area contributed by atoms with Gasteiger partial charge in [-0.05, 0) is 17.7 Å². The third-order valence-electron chi connectivity index (χ3n) is 3.75. The van der Waals surface area contributed by atoms with Crippen LogP contribution >= 0.6 is 0 Å². The van der Waals surface area contributed by atoms with Crippen molar-refractivity contribution in [2.24, 2.45) is 5.41 Å². The quantitative estimate of drug-likeness (QED) is 0.904. The predicted molar refractivity (Wildman–Crippen MR) is 95.3 cm³/mol. The average Bonchev–Trinajstić information content (AvgIpc) is 2.55. The van der Waals surface area contributed by atoms with Crippen LogP contribution in [0.1, 0.15) is 31.6 Å². The fourth-order valence-corrected chi connectivity index (χ4v) is 3.98. The van der Waals surface area contributed by atoms with Crippen molar-refractivity contribution in [1.29, 1.82) is 0 Å². The van der Waals surface area contributed by atoms with E-state index in [0.29, 0.717) is 5.56 Å². The number of hydrogen-bond donors (Lipinski definition) is 1. The second-order valence-electron chi connectivity index (χ2n) is 6.72. The van der Waals surface area contributed by atoms with E-state index in [4.69, 9.17) is 0 Å². The van der Waals surface area contributed by atoms with Crippen molar-refractivity contribution in [1.82, 2.24) is 5.32 Å². The first kappa shape index (κ1) is 18.2. The zero-order valence-electron chi connectivity index (χ0n) is 14.2. The number of rotatable bonds is 5. The maximum Gasteiger partial charge on any atom is 0.225 e. The molecule has 0 saturated heterocycles. The average molecular weight is 345 g/mol. The van der Waals surface area contributed by atoms with Crippen LogP contribution in [0.15, 0.2) is 65.6 Å². The minimum atomic E-state index is -3.61. The molecule has 2 aromatic rings. The van der Waals surface area contributed by atoms with Crippen molar-refractivity contribution in [3.8, 4) is 0 Å². The van der Waals surface area contributed by atoms with Gasteiger partial charge >= 0.3 is 0 Å². The Bertz CT molecular complexity index is 778. The molecule has 0 radical (unpaired) electrons. The molecule has 0 fully saturated rings. The molecule has 24 heavy (non-hydrogen) atoms. The molecular formula is C19H23NO3S. The number of benzene rings is 2. The molecule has 0 aliphatic carbocycles. The van der Waals surface area contributed by atoms with Crippen LogP contribution in [0.25, 0.3) is 0 Å². The normalized spacial score (nSPS) is 13.3. The Labute approximate surface area is 143 Å². The number of carbonyl (C=O) groups is 1. The van der Waals surface area contributed by atoms with Gasteiger partial charge in [-0.3, -0.25) is 4.79 Å². The molecule has 0 aromatic heterocycles. The van der Waals surface area contributed by atoms with Crippen molar-refractivity contribution in [3.05, 3.63) is 66.2 Å². The lowest BCUT2D eigenvalue weighted by molar-refractivity contribution is -0.128. The molecule has 0 aliphatic heterocycles. The van der Waals surface area contributed by atoms with E-state index in [9.17, 15) is 13.2 Å². The fourth-order valence-electron chi connectivity index (χ4n) is 2.30. The summed E-state index contributed by atoms with van der Waals surface area (Å²) in [4.78, 5) is 12.4. The molecule has 2 aromatic carbocycles. The number of amides is 1. The van der Waals surface area contributed by atoms with Gasteiger partial charge in [-0.1, -0.05) is 69.3 Å². The lowest BCUT2D eigenvalue weighted by Gasteiger charge is -2.22. The summed E-state index contributed by atoms with van der Waals surface area (Å²) >= 11 is 0. The van der Waals surface area contributed by atoms with E-state index in [0.717, 1.165) is 0 Å². The van der Waals surface area contributed by atoms with Gasteiger partial charge < -0.3 is 5.32 Å². The Morgan fingerprint density at radius 2 is 1.46 bits per heavy atom. The van der Waals surface area contributed by atoms with Crippen molar-refractivity contribution in [2.75, 3.05) is 6.54 Å². The van der Waals surface area contributed by atoms with E-state index in [-0.39, 0.29) is 17.3 Å². The molecule has 0 spiro atoms. The summed E-state index contributed by atoms with van der Waals surface area (Å²) in [5.41, 5.74) is 0.0909. The Balaban J connectivity index is 2.36. The maximum absolute atomic E-state index is 13.0. The second kappa shape index (κ2) is 7.18. The van der Waals surface area contributed by atoms with E-state index in [1.807, 2.05) is 6.07 Å². The molecule has 2 rings (SSSR count). The smallest absolute Gasteiger partial charge is 0.225 e. The van der Waals surface area contributed by atoms with Crippen LogP contribution in [-0.2, 0) is 14.6 Å². The largest absolute Gasteiger partial charge is 0.354 e. The molecule has 1 atom stereocenters. The van der Waals surface area contributed by atoms with Gasteiger partial charge in [0, 0.05) is 12.0 Å². The van der Waals surface area contributed by atoms with Crippen molar-refractivity contribution >= 4 is 15.7 Å². The van der Waals surface area contributed by atoms with Crippen LogP contribution in [0.4, 0.5) is 0 Å². The van der Waals surface area contributed by atoms with Gasteiger partial charge in [-0.2, -0.15) is 0 Å². The topological polar surface area (TPSA) is 63.2 Å². The fraction of sp³-hybridized carbons (Fsp3) is 0.316. The monoisotopic (exact) mass is 345 g/mol. The molecule has 4 nitrogen and oxygen atoms in total. The van der Waals surface area contributed by atoms with Gasteiger partial charge in [0.2, 0.25) is 5.91 Å². The Morgan fingerprint density at radius 3 is 1.96 bits per heavy atom. The van der Waals surface area contributed by atoms with Gasteiger partial charge in [-0.15, -0.1) is 0 Å². The van der Waals surface area contributed by atoms with E-state index in [1.54, 1.807) is 75.4 Å². The summed E-state index contributed by atoms with van der Waals surface area (Å²) in [6.07, 6.45) is 0. The molecule has 1 N–H and O–H groups in total. The van der Waals surface area contributed by atoms with Crippen LogP contribution < -0.4 is 5.32 Å². The SMILES string of the molecule is CC(C)(C)C(=O)NC[C@@H](c1ccccc1)S(=O)(=O)c1ccccc1. The molecule has 5 heteroatoms. The summed E-state index contributed by atoms with van der Waals surface area (Å²) in [7, 11) is -3.61. The molecule has 0 unspecified atom stereocenters. The third-order valence-corrected chi connectivity index (χ3v) is 5.86. The molecule has 0 heterocycles. The molecule has 0 bridgehead atoms. The third kappa shape index (κ3) is 4.23. The first-order valence-corrected chi connectivity index (χ1v) is 9.40. The van der Waals surface area contributed by atoms with Crippen LogP contribution in [0.2, 0.25) is 0 Å². The van der Waals surface area contributed by atoms with E-state index < -0.39 is 20.5 Å². The van der Waals surface area contributed by atoms with Gasteiger partial charge in [0.15, 0.2) is 9.84 Å². The highest BCUT2D eigenvalue weighted by Gasteiger charge is 2.31. The molecule has 128 valence electrons.